The van der Waals surface area contributed by atoms with E-state index in [9.17, 15) is 0 Å². The lowest BCUT2D eigenvalue weighted by Gasteiger charge is -2.01. The van der Waals surface area contributed by atoms with Gasteiger partial charge in [0.05, 0.1) is 0 Å². The van der Waals surface area contributed by atoms with Crippen LogP contribution in [0.5, 0.6) is 0 Å². The third-order valence-corrected chi connectivity index (χ3v) is 3.01. The molecule has 16 heavy (non-hydrogen) atoms. The predicted molar refractivity (Wildman–Crippen MR) is 74.1 cm³/mol. The Balaban J connectivity index is 2.28. The van der Waals surface area contributed by atoms with Crippen molar-refractivity contribution in [3.63, 3.8) is 0 Å². The van der Waals surface area contributed by atoms with Crippen molar-refractivity contribution in [2.75, 3.05) is 0 Å². The van der Waals surface area contributed by atoms with Gasteiger partial charge >= 0.3 is 0 Å². The molecular formula is C15H13Br. The quantitative estimate of drug-likeness (QED) is 0.675. The van der Waals surface area contributed by atoms with Crippen LogP contribution in [0, 0.1) is 0 Å². The average Bonchev–Trinajstić information content (AvgIpc) is 2.33. The van der Waals surface area contributed by atoms with Crippen LogP contribution in [0.2, 0.25) is 0 Å². The molecule has 0 saturated carbocycles. The summed E-state index contributed by atoms with van der Waals surface area (Å²) in [6.45, 7) is 2.14. The molecule has 2 aromatic carbocycles. The largest absolute Gasteiger partial charge is 0.0622 e. The summed E-state index contributed by atoms with van der Waals surface area (Å²) in [6.07, 6.45) is 2.20. The number of hydrogen-bond acceptors (Lipinski definition) is 0. The molecular weight excluding hydrogens is 260 g/mol. The molecule has 0 radical (unpaired) electrons. The van der Waals surface area contributed by atoms with Gasteiger partial charge in [0.2, 0.25) is 0 Å². The van der Waals surface area contributed by atoms with E-state index in [4.69, 9.17) is 0 Å². The minimum atomic E-state index is 1.11. The van der Waals surface area contributed by atoms with Crippen molar-refractivity contribution < 1.29 is 0 Å². The van der Waals surface area contributed by atoms with Crippen molar-refractivity contribution in [3.8, 4) is 0 Å². The maximum atomic E-state index is 3.44. The monoisotopic (exact) mass is 272 g/mol. The SMILES string of the molecule is C/C(=C/c1ccc(Br)cc1)c1ccccc1. The van der Waals surface area contributed by atoms with Crippen LogP contribution in [-0.4, -0.2) is 0 Å². The first-order chi connectivity index (χ1) is 7.75. The van der Waals surface area contributed by atoms with Crippen LogP contribution in [0.25, 0.3) is 11.6 Å². The van der Waals surface area contributed by atoms with Crippen LogP contribution in [0.15, 0.2) is 59.1 Å². The van der Waals surface area contributed by atoms with E-state index in [1.165, 1.54) is 16.7 Å². The van der Waals surface area contributed by atoms with Crippen molar-refractivity contribution >= 4 is 27.6 Å². The highest BCUT2D eigenvalue weighted by atomic mass is 79.9. The van der Waals surface area contributed by atoms with Crippen molar-refractivity contribution in [1.82, 2.24) is 0 Å². The predicted octanol–water partition coefficient (Wildman–Crippen LogP) is 5.01. The van der Waals surface area contributed by atoms with Gasteiger partial charge in [0.1, 0.15) is 0 Å². The van der Waals surface area contributed by atoms with Crippen molar-refractivity contribution in [1.29, 1.82) is 0 Å². The Morgan fingerprint density at radius 2 is 1.56 bits per heavy atom. The van der Waals surface area contributed by atoms with E-state index in [0.29, 0.717) is 0 Å². The smallest absolute Gasteiger partial charge is 0.0175 e. The van der Waals surface area contributed by atoms with Crippen LogP contribution in [-0.2, 0) is 0 Å². The van der Waals surface area contributed by atoms with Gasteiger partial charge < -0.3 is 0 Å². The zero-order valence-corrected chi connectivity index (χ0v) is 10.7. The second-order valence-electron chi connectivity index (χ2n) is 3.74. The molecule has 2 rings (SSSR count). The van der Waals surface area contributed by atoms with E-state index in [1.54, 1.807) is 0 Å². The van der Waals surface area contributed by atoms with Crippen LogP contribution >= 0.6 is 15.9 Å². The summed E-state index contributed by atoms with van der Waals surface area (Å²) in [5.41, 5.74) is 3.78. The van der Waals surface area contributed by atoms with Gasteiger partial charge in [0.25, 0.3) is 0 Å². The Morgan fingerprint density at radius 3 is 2.19 bits per heavy atom. The lowest BCUT2D eigenvalue weighted by atomic mass is 10.0. The molecule has 0 saturated heterocycles. The first-order valence-corrected chi connectivity index (χ1v) is 6.04. The molecule has 0 atom stereocenters. The maximum absolute atomic E-state index is 3.44. The molecule has 0 nitrogen and oxygen atoms in total. The van der Waals surface area contributed by atoms with Gasteiger partial charge in [0, 0.05) is 4.47 Å². The van der Waals surface area contributed by atoms with Gasteiger partial charge in [-0.15, -0.1) is 0 Å². The Kier molecular flexibility index (Phi) is 3.58. The van der Waals surface area contributed by atoms with Crippen LogP contribution in [0.3, 0.4) is 0 Å². The Bertz CT molecular complexity index is 481. The fourth-order valence-electron chi connectivity index (χ4n) is 1.59. The molecule has 0 heterocycles. The Hall–Kier alpha value is -1.34. The third-order valence-electron chi connectivity index (χ3n) is 2.48. The number of hydrogen-bond donors (Lipinski definition) is 0. The summed E-state index contributed by atoms with van der Waals surface area (Å²) >= 11 is 3.44. The van der Waals surface area contributed by atoms with Crippen LogP contribution < -0.4 is 0 Å². The van der Waals surface area contributed by atoms with E-state index in [2.05, 4.69) is 77.5 Å². The molecule has 0 aliphatic rings. The highest BCUT2D eigenvalue weighted by molar-refractivity contribution is 9.10. The van der Waals surface area contributed by atoms with Gasteiger partial charge in [-0.25, -0.2) is 0 Å². The summed E-state index contributed by atoms with van der Waals surface area (Å²) in [7, 11) is 0. The van der Waals surface area contributed by atoms with Gasteiger partial charge in [-0.2, -0.15) is 0 Å². The topological polar surface area (TPSA) is 0 Å². The standard InChI is InChI=1S/C15H13Br/c1-12(14-5-3-2-4-6-14)11-13-7-9-15(16)10-8-13/h2-11H,1H3/b12-11-. The minimum Gasteiger partial charge on any atom is -0.0622 e. The Labute approximate surface area is 105 Å². The summed E-state index contributed by atoms with van der Waals surface area (Å²) in [6, 6.07) is 18.8. The average molecular weight is 273 g/mol. The zero-order chi connectivity index (χ0) is 11.4. The highest BCUT2D eigenvalue weighted by Crippen LogP contribution is 2.18. The van der Waals surface area contributed by atoms with Gasteiger partial charge in [0.15, 0.2) is 0 Å². The number of rotatable bonds is 2. The molecule has 0 aliphatic heterocycles. The van der Waals surface area contributed by atoms with E-state index < -0.39 is 0 Å². The molecule has 1 heteroatoms. The van der Waals surface area contributed by atoms with E-state index >= 15 is 0 Å². The van der Waals surface area contributed by atoms with Crippen molar-refractivity contribution in [2.24, 2.45) is 0 Å². The van der Waals surface area contributed by atoms with Crippen molar-refractivity contribution in [2.45, 2.75) is 6.92 Å². The molecule has 0 amide bonds. The number of benzene rings is 2. The van der Waals surface area contributed by atoms with Gasteiger partial charge in [-0.3, -0.25) is 0 Å². The molecule has 0 N–H and O–H groups in total. The van der Waals surface area contributed by atoms with E-state index in [1.807, 2.05) is 6.07 Å². The molecule has 0 bridgehead atoms. The lowest BCUT2D eigenvalue weighted by molar-refractivity contribution is 1.56. The lowest BCUT2D eigenvalue weighted by Crippen LogP contribution is -1.79. The normalized spacial score (nSPS) is 11.5. The Morgan fingerprint density at radius 1 is 0.938 bits per heavy atom. The number of halogens is 1. The second-order valence-corrected chi connectivity index (χ2v) is 4.66. The van der Waals surface area contributed by atoms with E-state index in [-0.39, 0.29) is 0 Å². The first kappa shape index (κ1) is 11.2. The maximum Gasteiger partial charge on any atom is 0.0175 e. The molecule has 0 unspecified atom stereocenters. The molecule has 0 aliphatic carbocycles. The second kappa shape index (κ2) is 5.13. The molecule has 2 aromatic rings. The number of allylic oxidation sites excluding steroid dienone is 1. The molecule has 80 valence electrons. The van der Waals surface area contributed by atoms with Gasteiger partial charge in [-0.1, -0.05) is 64.5 Å². The highest BCUT2D eigenvalue weighted by Gasteiger charge is 1.94. The van der Waals surface area contributed by atoms with Crippen molar-refractivity contribution in [3.05, 3.63) is 70.2 Å². The van der Waals surface area contributed by atoms with E-state index in [0.717, 1.165) is 4.47 Å². The fraction of sp³-hybridized carbons (Fsp3) is 0.0667. The summed E-state index contributed by atoms with van der Waals surface area (Å²) in [4.78, 5) is 0. The van der Waals surface area contributed by atoms with Gasteiger partial charge in [-0.05, 0) is 35.8 Å². The zero-order valence-electron chi connectivity index (χ0n) is 9.15. The molecule has 0 aromatic heterocycles. The molecule has 0 fully saturated rings. The summed E-state index contributed by atoms with van der Waals surface area (Å²) < 4.78 is 1.11. The third kappa shape index (κ3) is 2.83. The fourth-order valence-corrected chi connectivity index (χ4v) is 1.86. The van der Waals surface area contributed by atoms with Crippen LogP contribution in [0.4, 0.5) is 0 Å². The van der Waals surface area contributed by atoms with Crippen LogP contribution in [0.1, 0.15) is 18.1 Å². The summed E-state index contributed by atoms with van der Waals surface area (Å²) in [5, 5.41) is 0. The first-order valence-electron chi connectivity index (χ1n) is 5.25. The minimum absolute atomic E-state index is 1.11. The molecule has 0 spiro atoms. The summed E-state index contributed by atoms with van der Waals surface area (Å²) in [5.74, 6) is 0.